The second kappa shape index (κ2) is 6.89. The van der Waals surface area contributed by atoms with Gasteiger partial charge < -0.3 is 10.8 Å². The van der Waals surface area contributed by atoms with E-state index in [0.29, 0.717) is 6.42 Å². The van der Waals surface area contributed by atoms with Gasteiger partial charge in [-0.1, -0.05) is 13.0 Å². The van der Waals surface area contributed by atoms with E-state index in [1.54, 1.807) is 26.1 Å². The minimum Gasteiger partial charge on any atom is -0.478 e. The maximum atomic E-state index is 11.1. The first-order chi connectivity index (χ1) is 9.51. The molecule has 104 valence electrons. The molecule has 0 saturated carbocycles. The molecule has 20 heavy (non-hydrogen) atoms. The molecule has 1 heterocycles. The highest BCUT2D eigenvalue weighted by Crippen LogP contribution is 2.12. The third-order valence-electron chi connectivity index (χ3n) is 2.37. The molecule has 0 unspecified atom stereocenters. The average molecular weight is 273 g/mol. The van der Waals surface area contributed by atoms with E-state index in [-0.39, 0.29) is 22.8 Å². The average Bonchev–Trinajstić information content (AvgIpc) is 2.94. The van der Waals surface area contributed by atoms with Gasteiger partial charge in [-0.2, -0.15) is 10.4 Å². The highest BCUT2D eigenvalue weighted by atomic mass is 16.4. The van der Waals surface area contributed by atoms with Crippen molar-refractivity contribution in [2.45, 2.75) is 20.3 Å². The van der Waals surface area contributed by atoms with Gasteiger partial charge in [-0.05, 0) is 19.4 Å². The second-order valence-corrected chi connectivity index (χ2v) is 3.84. The molecule has 3 N–H and O–H groups in total. The van der Waals surface area contributed by atoms with Crippen molar-refractivity contribution in [2.75, 3.05) is 0 Å². The van der Waals surface area contributed by atoms with E-state index in [0.717, 1.165) is 0 Å². The number of aliphatic imine (C=N–C) groups is 1. The molecule has 7 heteroatoms. The Morgan fingerprint density at radius 2 is 2.35 bits per heavy atom. The highest BCUT2D eigenvalue weighted by Gasteiger charge is 2.13. The van der Waals surface area contributed by atoms with Crippen LogP contribution in [0.3, 0.4) is 0 Å². The summed E-state index contributed by atoms with van der Waals surface area (Å²) in [6, 6.07) is 3.61. The zero-order chi connectivity index (χ0) is 15.1. The number of hydrogen-bond donors (Lipinski definition) is 2. The molecule has 0 atom stereocenters. The molecule has 0 amide bonds. The molecule has 0 aliphatic rings. The van der Waals surface area contributed by atoms with Crippen molar-refractivity contribution in [3.8, 4) is 6.07 Å². The van der Waals surface area contributed by atoms with Gasteiger partial charge in [0.2, 0.25) is 0 Å². The van der Waals surface area contributed by atoms with Gasteiger partial charge in [0, 0.05) is 12.4 Å². The third-order valence-corrected chi connectivity index (χ3v) is 2.37. The first kappa shape index (κ1) is 15.2. The number of nitriles is 1. The lowest BCUT2D eigenvalue weighted by atomic mass is 10.2. The Kier molecular flexibility index (Phi) is 5.23. The van der Waals surface area contributed by atoms with Crippen LogP contribution in [0.4, 0.5) is 0 Å². The number of nitrogens with zero attached hydrogens (tertiary/aromatic N) is 4. The molecule has 0 saturated heterocycles. The fourth-order valence-electron chi connectivity index (χ4n) is 1.43. The first-order valence-corrected chi connectivity index (χ1v) is 5.90. The summed E-state index contributed by atoms with van der Waals surface area (Å²) in [6.07, 6.45) is 5.09. The van der Waals surface area contributed by atoms with Crippen LogP contribution in [0.15, 0.2) is 40.7 Å². The van der Waals surface area contributed by atoms with Crippen molar-refractivity contribution < 1.29 is 9.90 Å². The summed E-state index contributed by atoms with van der Waals surface area (Å²) < 4.78 is 1.36. The van der Waals surface area contributed by atoms with Gasteiger partial charge in [-0.25, -0.2) is 14.5 Å². The van der Waals surface area contributed by atoms with E-state index in [1.807, 2.05) is 6.07 Å². The van der Waals surface area contributed by atoms with Gasteiger partial charge in [-0.15, -0.1) is 0 Å². The largest absolute Gasteiger partial charge is 0.478 e. The Labute approximate surface area is 116 Å². The molecule has 1 rings (SSSR count). The minimum atomic E-state index is -1.16. The SMILES string of the molecule is CC/C=C(C(=O)O)/C(N)=N\C(=C(/C)C#N)n1cccn1. The number of amidine groups is 1. The maximum Gasteiger partial charge on any atom is 0.339 e. The Morgan fingerprint density at radius 3 is 2.80 bits per heavy atom. The van der Waals surface area contributed by atoms with Crippen LogP contribution in [-0.4, -0.2) is 26.7 Å². The van der Waals surface area contributed by atoms with E-state index < -0.39 is 5.97 Å². The zero-order valence-corrected chi connectivity index (χ0v) is 11.2. The number of hydrogen-bond acceptors (Lipinski definition) is 4. The minimum absolute atomic E-state index is 0.0945. The van der Waals surface area contributed by atoms with Crippen LogP contribution in [0, 0.1) is 11.3 Å². The fraction of sp³-hybridized carbons (Fsp3) is 0.231. The van der Waals surface area contributed by atoms with E-state index >= 15 is 0 Å². The Bertz CT molecular complexity index is 618. The Morgan fingerprint density at radius 1 is 1.65 bits per heavy atom. The topological polar surface area (TPSA) is 117 Å². The van der Waals surface area contributed by atoms with Gasteiger partial charge in [0.25, 0.3) is 0 Å². The molecule has 0 radical (unpaired) electrons. The molecular weight excluding hydrogens is 258 g/mol. The lowest BCUT2D eigenvalue weighted by Gasteiger charge is -2.06. The van der Waals surface area contributed by atoms with E-state index in [2.05, 4.69) is 10.1 Å². The number of nitrogens with two attached hydrogens (primary N) is 1. The fourth-order valence-corrected chi connectivity index (χ4v) is 1.43. The third kappa shape index (κ3) is 3.55. The highest BCUT2D eigenvalue weighted by molar-refractivity contribution is 6.18. The summed E-state index contributed by atoms with van der Waals surface area (Å²) in [7, 11) is 0. The number of carbonyl (C=O) groups is 1. The van der Waals surface area contributed by atoms with Crippen molar-refractivity contribution in [1.29, 1.82) is 5.26 Å². The maximum absolute atomic E-state index is 11.1. The lowest BCUT2D eigenvalue weighted by molar-refractivity contribution is -0.132. The second-order valence-electron chi connectivity index (χ2n) is 3.84. The van der Waals surface area contributed by atoms with Gasteiger partial charge in [0.15, 0.2) is 5.82 Å². The zero-order valence-electron chi connectivity index (χ0n) is 11.2. The van der Waals surface area contributed by atoms with E-state index in [1.165, 1.54) is 17.0 Å². The Hall–Kier alpha value is -2.88. The van der Waals surface area contributed by atoms with Crippen LogP contribution in [0.5, 0.6) is 0 Å². The number of allylic oxidation sites excluding steroid dienone is 2. The molecular formula is C13H15N5O2. The summed E-state index contributed by atoms with van der Waals surface area (Å²) in [6.45, 7) is 3.35. The smallest absolute Gasteiger partial charge is 0.339 e. The lowest BCUT2D eigenvalue weighted by Crippen LogP contribution is -2.22. The first-order valence-electron chi connectivity index (χ1n) is 5.90. The summed E-state index contributed by atoms with van der Waals surface area (Å²) in [5, 5.41) is 22.0. The quantitative estimate of drug-likeness (QED) is 0.363. The summed E-state index contributed by atoms with van der Waals surface area (Å²) in [5.74, 6) is -1.14. The van der Waals surface area contributed by atoms with Crippen LogP contribution in [0.2, 0.25) is 0 Å². The van der Waals surface area contributed by atoms with Gasteiger partial charge in [0.1, 0.15) is 5.84 Å². The van der Waals surface area contributed by atoms with Crippen LogP contribution in [0.1, 0.15) is 20.3 Å². The number of carboxylic acid groups (broad SMARTS) is 1. The molecule has 0 aliphatic carbocycles. The van der Waals surface area contributed by atoms with E-state index in [9.17, 15) is 4.79 Å². The van der Waals surface area contributed by atoms with Crippen LogP contribution < -0.4 is 5.73 Å². The van der Waals surface area contributed by atoms with Gasteiger partial charge >= 0.3 is 5.97 Å². The van der Waals surface area contributed by atoms with Crippen LogP contribution in [0.25, 0.3) is 5.82 Å². The molecule has 0 bridgehead atoms. The molecule has 0 fully saturated rings. The molecule has 0 aromatic carbocycles. The van der Waals surface area contributed by atoms with Crippen molar-refractivity contribution in [2.24, 2.45) is 10.7 Å². The van der Waals surface area contributed by atoms with E-state index in [4.69, 9.17) is 16.1 Å². The molecule has 0 aliphatic heterocycles. The van der Waals surface area contributed by atoms with Crippen molar-refractivity contribution >= 4 is 17.6 Å². The number of aliphatic carboxylic acids is 1. The molecule has 1 aromatic rings. The molecule has 7 nitrogen and oxygen atoms in total. The normalized spacial score (nSPS) is 13.7. The Balaban J connectivity index is 3.33. The van der Waals surface area contributed by atoms with Crippen LogP contribution in [-0.2, 0) is 4.79 Å². The predicted molar refractivity (Wildman–Crippen MR) is 74.4 cm³/mol. The summed E-state index contributed by atoms with van der Waals surface area (Å²) >= 11 is 0. The standard InChI is InChI=1S/C13H15N5O2/c1-3-5-10(13(19)20)11(15)17-12(9(2)8-14)18-7-4-6-16-18/h4-7H,3H2,1-2H3,(H2,15,17)(H,19,20)/b10-5-,12-9-. The number of carboxylic acids is 1. The number of aromatic nitrogens is 2. The van der Waals surface area contributed by atoms with Crippen LogP contribution >= 0.6 is 0 Å². The predicted octanol–water partition coefficient (Wildman–Crippen LogP) is 1.37. The molecule has 1 aromatic heterocycles. The van der Waals surface area contributed by atoms with Crippen molar-refractivity contribution in [1.82, 2.24) is 9.78 Å². The number of rotatable bonds is 5. The van der Waals surface area contributed by atoms with Crippen molar-refractivity contribution in [3.63, 3.8) is 0 Å². The van der Waals surface area contributed by atoms with Crippen molar-refractivity contribution in [3.05, 3.63) is 35.7 Å². The summed E-state index contributed by atoms with van der Waals surface area (Å²) in [5.41, 5.74) is 5.90. The van der Waals surface area contributed by atoms with Gasteiger partial charge in [0.05, 0.1) is 17.2 Å². The molecule has 0 spiro atoms. The monoisotopic (exact) mass is 273 g/mol. The van der Waals surface area contributed by atoms with Gasteiger partial charge in [-0.3, -0.25) is 0 Å². The summed E-state index contributed by atoms with van der Waals surface area (Å²) in [4.78, 5) is 15.1.